The first kappa shape index (κ1) is 16.0. The highest BCUT2D eigenvalue weighted by molar-refractivity contribution is 5.16. The van der Waals surface area contributed by atoms with Crippen molar-refractivity contribution in [3.63, 3.8) is 0 Å². The maximum atomic E-state index is 13.3. The van der Waals surface area contributed by atoms with E-state index in [0.717, 1.165) is 24.3 Å². The fourth-order valence-corrected chi connectivity index (χ4v) is 3.58. The molecular formula is C18H25FN2. The summed E-state index contributed by atoms with van der Waals surface area (Å²) in [5.41, 5.74) is 0.979. The Morgan fingerprint density at radius 2 is 2.19 bits per heavy atom. The minimum absolute atomic E-state index is 0.108. The molecule has 0 saturated heterocycles. The number of hydrogen-bond donors (Lipinski definition) is 0. The van der Waals surface area contributed by atoms with Crippen LogP contribution in [0.1, 0.15) is 44.6 Å². The molecule has 1 aromatic rings. The monoisotopic (exact) mass is 288 g/mol. The highest BCUT2D eigenvalue weighted by atomic mass is 19.1. The van der Waals surface area contributed by atoms with Crippen LogP contribution in [0.3, 0.4) is 0 Å². The fourth-order valence-electron chi connectivity index (χ4n) is 3.58. The zero-order valence-electron chi connectivity index (χ0n) is 13.1. The molecule has 1 aromatic carbocycles. The summed E-state index contributed by atoms with van der Waals surface area (Å²) in [6, 6.07) is 9.54. The number of benzene rings is 1. The number of nitriles is 1. The van der Waals surface area contributed by atoms with Crippen LogP contribution >= 0.6 is 0 Å². The molecule has 2 rings (SSSR count). The Morgan fingerprint density at radius 1 is 1.38 bits per heavy atom. The van der Waals surface area contributed by atoms with Crippen molar-refractivity contribution < 1.29 is 4.39 Å². The van der Waals surface area contributed by atoms with Gasteiger partial charge in [0.15, 0.2) is 0 Å². The second kappa shape index (κ2) is 7.56. The molecule has 0 spiro atoms. The van der Waals surface area contributed by atoms with E-state index in [2.05, 4.69) is 24.9 Å². The van der Waals surface area contributed by atoms with Gasteiger partial charge in [-0.15, -0.1) is 0 Å². The quantitative estimate of drug-likeness (QED) is 0.804. The van der Waals surface area contributed by atoms with Gasteiger partial charge in [0.05, 0.1) is 12.0 Å². The first-order chi connectivity index (χ1) is 10.1. The molecule has 3 heteroatoms. The summed E-state index contributed by atoms with van der Waals surface area (Å²) in [4.78, 5) is 2.24. The Morgan fingerprint density at radius 3 is 2.86 bits per heavy atom. The van der Waals surface area contributed by atoms with Crippen molar-refractivity contribution in [3.8, 4) is 6.07 Å². The van der Waals surface area contributed by atoms with Crippen molar-refractivity contribution >= 4 is 0 Å². The van der Waals surface area contributed by atoms with Crippen molar-refractivity contribution in [3.05, 3.63) is 35.6 Å². The number of hydrogen-bond acceptors (Lipinski definition) is 2. The molecule has 1 aliphatic rings. The Balaban J connectivity index is 2.03. The molecule has 0 amide bonds. The normalized spacial score (nSPS) is 25.8. The van der Waals surface area contributed by atoms with Crippen LogP contribution in [0.2, 0.25) is 0 Å². The van der Waals surface area contributed by atoms with E-state index in [1.54, 1.807) is 12.1 Å². The van der Waals surface area contributed by atoms with Gasteiger partial charge in [-0.2, -0.15) is 5.26 Å². The van der Waals surface area contributed by atoms with Crippen LogP contribution in [0.15, 0.2) is 24.3 Å². The molecule has 1 aliphatic carbocycles. The van der Waals surface area contributed by atoms with Crippen LogP contribution < -0.4 is 0 Å². The number of rotatable bonds is 5. The lowest BCUT2D eigenvalue weighted by Crippen LogP contribution is -2.41. The number of halogens is 1. The molecule has 21 heavy (non-hydrogen) atoms. The van der Waals surface area contributed by atoms with Gasteiger partial charge in [0, 0.05) is 12.6 Å². The molecule has 3 atom stereocenters. The van der Waals surface area contributed by atoms with Gasteiger partial charge in [-0.3, -0.25) is 4.90 Å². The lowest BCUT2D eigenvalue weighted by atomic mass is 9.76. The van der Waals surface area contributed by atoms with Gasteiger partial charge in [0.2, 0.25) is 0 Å². The number of nitrogens with zero attached hydrogens (tertiary/aromatic N) is 2. The van der Waals surface area contributed by atoms with Crippen molar-refractivity contribution in [2.75, 3.05) is 7.05 Å². The second-order valence-corrected chi connectivity index (χ2v) is 6.32. The average Bonchev–Trinajstić information content (AvgIpc) is 2.47. The van der Waals surface area contributed by atoms with Crippen molar-refractivity contribution in [2.45, 2.75) is 51.6 Å². The molecule has 0 bridgehead atoms. The third-order valence-electron chi connectivity index (χ3n) is 4.68. The van der Waals surface area contributed by atoms with Crippen LogP contribution in [0.5, 0.6) is 0 Å². The SMILES string of the molecule is CCCC1CCC(C#N)C(N(C)Cc2cccc(F)c2)C1. The summed E-state index contributed by atoms with van der Waals surface area (Å²) in [5, 5.41) is 9.40. The van der Waals surface area contributed by atoms with E-state index < -0.39 is 0 Å². The Labute approximate surface area is 127 Å². The van der Waals surface area contributed by atoms with Crippen LogP contribution in [-0.4, -0.2) is 18.0 Å². The van der Waals surface area contributed by atoms with E-state index in [4.69, 9.17) is 0 Å². The first-order valence-electron chi connectivity index (χ1n) is 7.98. The van der Waals surface area contributed by atoms with E-state index in [0.29, 0.717) is 12.6 Å². The van der Waals surface area contributed by atoms with Crippen LogP contribution in [-0.2, 0) is 6.54 Å². The summed E-state index contributed by atoms with van der Waals surface area (Å²) in [6.07, 6.45) is 5.73. The van der Waals surface area contributed by atoms with Crippen molar-refractivity contribution in [2.24, 2.45) is 11.8 Å². The molecule has 114 valence electrons. The summed E-state index contributed by atoms with van der Waals surface area (Å²) in [6.45, 7) is 2.93. The molecule has 1 saturated carbocycles. The van der Waals surface area contributed by atoms with Gasteiger partial charge in [0.25, 0.3) is 0 Å². The van der Waals surface area contributed by atoms with E-state index in [-0.39, 0.29) is 11.7 Å². The summed E-state index contributed by atoms with van der Waals surface area (Å²) in [5.74, 6) is 0.654. The molecule has 0 aliphatic heterocycles. The van der Waals surface area contributed by atoms with E-state index >= 15 is 0 Å². The van der Waals surface area contributed by atoms with Crippen molar-refractivity contribution in [1.29, 1.82) is 5.26 Å². The third kappa shape index (κ3) is 4.28. The standard InChI is InChI=1S/C18H25FN2/c1-3-5-14-8-9-16(12-20)18(11-14)21(2)13-15-6-4-7-17(19)10-15/h4,6-7,10,14,16,18H,3,5,8-9,11,13H2,1-2H3. The zero-order chi connectivity index (χ0) is 15.2. The molecule has 0 radical (unpaired) electrons. The topological polar surface area (TPSA) is 27.0 Å². The molecule has 2 nitrogen and oxygen atoms in total. The molecule has 1 fully saturated rings. The molecule has 0 N–H and O–H groups in total. The fraction of sp³-hybridized carbons (Fsp3) is 0.611. The summed E-state index contributed by atoms with van der Waals surface area (Å²) >= 11 is 0. The highest BCUT2D eigenvalue weighted by Crippen LogP contribution is 2.34. The Hall–Kier alpha value is -1.40. The van der Waals surface area contributed by atoms with Gasteiger partial charge < -0.3 is 0 Å². The smallest absolute Gasteiger partial charge is 0.123 e. The van der Waals surface area contributed by atoms with Crippen molar-refractivity contribution in [1.82, 2.24) is 4.90 Å². The maximum Gasteiger partial charge on any atom is 0.123 e. The lowest BCUT2D eigenvalue weighted by molar-refractivity contribution is 0.116. The van der Waals surface area contributed by atoms with Crippen LogP contribution in [0.25, 0.3) is 0 Å². The zero-order valence-corrected chi connectivity index (χ0v) is 13.1. The lowest BCUT2D eigenvalue weighted by Gasteiger charge is -2.38. The summed E-state index contributed by atoms with van der Waals surface area (Å²) < 4.78 is 13.3. The van der Waals surface area contributed by atoms with Gasteiger partial charge in [0.1, 0.15) is 5.82 Å². The third-order valence-corrected chi connectivity index (χ3v) is 4.68. The molecule has 0 aromatic heterocycles. The van der Waals surface area contributed by atoms with E-state index in [9.17, 15) is 9.65 Å². The molecule has 0 heterocycles. The first-order valence-corrected chi connectivity index (χ1v) is 7.98. The van der Waals surface area contributed by atoms with Gasteiger partial charge in [-0.1, -0.05) is 31.9 Å². The maximum absolute atomic E-state index is 13.3. The molecule has 3 unspecified atom stereocenters. The van der Waals surface area contributed by atoms with Gasteiger partial charge in [-0.05, 0) is 49.9 Å². The minimum Gasteiger partial charge on any atom is -0.298 e. The Bertz CT molecular complexity index is 494. The van der Waals surface area contributed by atoms with Gasteiger partial charge >= 0.3 is 0 Å². The Kier molecular flexibility index (Phi) is 5.76. The van der Waals surface area contributed by atoms with E-state index in [1.165, 1.54) is 25.3 Å². The van der Waals surface area contributed by atoms with Gasteiger partial charge in [-0.25, -0.2) is 4.39 Å². The van der Waals surface area contributed by atoms with Crippen LogP contribution in [0.4, 0.5) is 4.39 Å². The predicted octanol–water partition coefficient (Wildman–Crippen LogP) is 4.37. The van der Waals surface area contributed by atoms with Crippen LogP contribution in [0, 0.1) is 29.0 Å². The largest absolute Gasteiger partial charge is 0.298 e. The average molecular weight is 288 g/mol. The molecular weight excluding hydrogens is 263 g/mol. The summed E-state index contributed by atoms with van der Waals surface area (Å²) in [7, 11) is 2.06. The highest BCUT2D eigenvalue weighted by Gasteiger charge is 2.32. The van der Waals surface area contributed by atoms with E-state index in [1.807, 2.05) is 6.07 Å². The predicted molar refractivity (Wildman–Crippen MR) is 83.0 cm³/mol. The second-order valence-electron chi connectivity index (χ2n) is 6.32. The minimum atomic E-state index is -0.190.